The molecule has 4 aliphatic rings. The molecular formula is C25H32N2O4S. The third kappa shape index (κ3) is 4.49. The number of nitrogens with zero attached hydrogens (tertiary/aromatic N) is 2. The summed E-state index contributed by atoms with van der Waals surface area (Å²) in [7, 11) is 0. The first-order chi connectivity index (χ1) is 15.7. The molecule has 7 heteroatoms. The van der Waals surface area contributed by atoms with Gasteiger partial charge in [-0.25, -0.2) is 0 Å². The van der Waals surface area contributed by atoms with Crippen LogP contribution >= 0.6 is 11.8 Å². The van der Waals surface area contributed by atoms with Crippen molar-refractivity contribution < 1.29 is 19.0 Å². The Balaban J connectivity index is 1.48. The summed E-state index contributed by atoms with van der Waals surface area (Å²) >= 11 is 1.53. The van der Waals surface area contributed by atoms with E-state index in [1.807, 2.05) is 30.0 Å². The Morgan fingerprint density at radius 2 is 1.75 bits per heavy atom. The van der Waals surface area contributed by atoms with Gasteiger partial charge < -0.3 is 14.2 Å². The van der Waals surface area contributed by atoms with E-state index in [4.69, 9.17) is 19.2 Å². The molecule has 0 radical (unpaired) electrons. The smallest absolute Gasteiger partial charge is 0.267 e. The maximum atomic E-state index is 13.6. The standard InChI is InChI=1S/C25H32N2O4S/c1-2-29-20-15-22-21(30-16-31-22)13-17(20)14-23-24(28)27(19-11-7-4-8-12-19)25(32-23)26-18-9-5-3-6-10-18/h13-15,18-19H,2-12,16H2,1H3/b23-14+,26-25?. The second-order valence-corrected chi connectivity index (χ2v) is 9.97. The van der Waals surface area contributed by atoms with Gasteiger partial charge in [0.25, 0.3) is 5.91 Å². The summed E-state index contributed by atoms with van der Waals surface area (Å²) < 4.78 is 16.9. The number of amidine groups is 1. The number of aliphatic imine (C=N–C) groups is 1. The van der Waals surface area contributed by atoms with Gasteiger partial charge in [-0.05, 0) is 56.5 Å². The van der Waals surface area contributed by atoms with E-state index in [0.29, 0.717) is 34.8 Å². The van der Waals surface area contributed by atoms with Gasteiger partial charge in [0.1, 0.15) is 5.75 Å². The van der Waals surface area contributed by atoms with Crippen molar-refractivity contribution in [1.82, 2.24) is 4.90 Å². The molecule has 1 saturated heterocycles. The van der Waals surface area contributed by atoms with Crippen molar-refractivity contribution in [2.45, 2.75) is 83.2 Å². The van der Waals surface area contributed by atoms with Crippen molar-refractivity contribution >= 4 is 28.9 Å². The van der Waals surface area contributed by atoms with Crippen LogP contribution in [0.15, 0.2) is 22.0 Å². The normalized spacial score (nSPS) is 24.7. The summed E-state index contributed by atoms with van der Waals surface area (Å²) in [6.45, 7) is 2.71. The first kappa shape index (κ1) is 21.7. The zero-order valence-corrected chi connectivity index (χ0v) is 19.6. The van der Waals surface area contributed by atoms with Crippen LogP contribution in [0.3, 0.4) is 0 Å². The molecule has 0 N–H and O–H groups in total. The molecule has 0 atom stereocenters. The summed E-state index contributed by atoms with van der Waals surface area (Å²) in [5, 5.41) is 0.902. The summed E-state index contributed by atoms with van der Waals surface area (Å²) in [6, 6.07) is 4.38. The molecule has 2 saturated carbocycles. The number of ether oxygens (including phenoxy) is 3. The fourth-order valence-corrected chi connectivity index (χ4v) is 6.18. The third-order valence-corrected chi connectivity index (χ3v) is 7.73. The van der Waals surface area contributed by atoms with Crippen molar-refractivity contribution in [2.24, 2.45) is 4.99 Å². The molecule has 1 aromatic rings. The van der Waals surface area contributed by atoms with E-state index in [0.717, 1.165) is 36.4 Å². The topological polar surface area (TPSA) is 60.4 Å². The van der Waals surface area contributed by atoms with Crippen molar-refractivity contribution in [2.75, 3.05) is 13.4 Å². The van der Waals surface area contributed by atoms with Crippen LogP contribution in [0.1, 0.15) is 76.7 Å². The number of hydrogen-bond acceptors (Lipinski definition) is 6. The van der Waals surface area contributed by atoms with Gasteiger partial charge in [-0.2, -0.15) is 0 Å². The van der Waals surface area contributed by atoms with E-state index in [2.05, 4.69) is 0 Å². The van der Waals surface area contributed by atoms with Crippen LogP contribution < -0.4 is 14.2 Å². The molecule has 6 nitrogen and oxygen atoms in total. The number of carbonyl (C=O) groups excluding carboxylic acids is 1. The first-order valence-corrected chi connectivity index (χ1v) is 12.9. The van der Waals surface area contributed by atoms with Crippen molar-refractivity contribution in [3.63, 3.8) is 0 Å². The lowest BCUT2D eigenvalue weighted by Gasteiger charge is -2.31. The summed E-state index contributed by atoms with van der Waals surface area (Å²) in [6.07, 6.45) is 13.7. The zero-order valence-electron chi connectivity index (χ0n) is 18.8. The number of fused-ring (bicyclic) bond motifs is 1. The summed E-state index contributed by atoms with van der Waals surface area (Å²) in [4.78, 5) is 21.5. The average molecular weight is 457 g/mol. The van der Waals surface area contributed by atoms with Gasteiger partial charge in [-0.1, -0.05) is 38.5 Å². The quantitative estimate of drug-likeness (QED) is 0.528. The predicted octanol–water partition coefficient (Wildman–Crippen LogP) is 5.75. The SMILES string of the molecule is CCOc1cc2c(cc1/C=C1/SC(=NC3CCCCC3)N(C3CCCCC3)C1=O)OCO2. The van der Waals surface area contributed by atoms with E-state index in [-0.39, 0.29) is 18.7 Å². The molecule has 2 heterocycles. The van der Waals surface area contributed by atoms with E-state index in [9.17, 15) is 4.79 Å². The van der Waals surface area contributed by atoms with Crippen LogP contribution in [0.5, 0.6) is 17.2 Å². The average Bonchev–Trinajstić information content (AvgIpc) is 3.39. The Hall–Kier alpha value is -2.15. The number of amides is 1. The van der Waals surface area contributed by atoms with Crippen LogP contribution in [0, 0.1) is 0 Å². The second-order valence-electron chi connectivity index (χ2n) is 8.96. The Kier molecular flexibility index (Phi) is 6.62. The maximum absolute atomic E-state index is 13.6. The molecule has 172 valence electrons. The molecular weight excluding hydrogens is 424 g/mol. The Labute approximate surface area is 194 Å². The Morgan fingerprint density at radius 1 is 1.06 bits per heavy atom. The molecule has 0 spiro atoms. The number of thioether (sulfide) groups is 1. The van der Waals surface area contributed by atoms with Crippen LogP contribution in [-0.2, 0) is 4.79 Å². The van der Waals surface area contributed by atoms with E-state index in [1.165, 1.54) is 50.3 Å². The highest BCUT2D eigenvalue weighted by Gasteiger charge is 2.39. The van der Waals surface area contributed by atoms with Gasteiger partial charge in [-0.3, -0.25) is 14.7 Å². The molecule has 1 amide bonds. The van der Waals surface area contributed by atoms with Gasteiger partial charge in [0, 0.05) is 17.7 Å². The fourth-order valence-electron chi connectivity index (χ4n) is 5.08. The molecule has 32 heavy (non-hydrogen) atoms. The fraction of sp³-hybridized carbons (Fsp3) is 0.600. The van der Waals surface area contributed by atoms with E-state index in [1.54, 1.807) is 0 Å². The molecule has 2 aliphatic carbocycles. The monoisotopic (exact) mass is 456 g/mol. The number of hydrogen-bond donors (Lipinski definition) is 0. The molecule has 2 aliphatic heterocycles. The molecule has 5 rings (SSSR count). The van der Waals surface area contributed by atoms with Crippen molar-refractivity contribution in [3.05, 3.63) is 22.6 Å². The largest absolute Gasteiger partial charge is 0.493 e. The highest BCUT2D eigenvalue weighted by atomic mass is 32.2. The van der Waals surface area contributed by atoms with Gasteiger partial charge in [0.2, 0.25) is 6.79 Å². The van der Waals surface area contributed by atoms with E-state index >= 15 is 0 Å². The first-order valence-electron chi connectivity index (χ1n) is 12.1. The minimum atomic E-state index is 0.0802. The van der Waals surface area contributed by atoms with Gasteiger partial charge in [0.15, 0.2) is 16.7 Å². The van der Waals surface area contributed by atoms with Crippen molar-refractivity contribution in [3.8, 4) is 17.2 Å². The second kappa shape index (κ2) is 9.77. The lowest BCUT2D eigenvalue weighted by atomic mass is 9.94. The molecule has 1 aromatic carbocycles. The molecule has 0 unspecified atom stereocenters. The minimum absolute atomic E-state index is 0.0802. The van der Waals surface area contributed by atoms with Crippen LogP contribution in [-0.4, -0.2) is 41.5 Å². The summed E-state index contributed by atoms with van der Waals surface area (Å²) in [5.41, 5.74) is 0.842. The number of benzene rings is 1. The number of rotatable bonds is 5. The predicted molar refractivity (Wildman–Crippen MR) is 127 cm³/mol. The van der Waals surface area contributed by atoms with Crippen LogP contribution in [0.2, 0.25) is 0 Å². The zero-order chi connectivity index (χ0) is 21.9. The molecule has 0 aromatic heterocycles. The summed E-state index contributed by atoms with van der Waals surface area (Å²) in [5.74, 6) is 2.16. The van der Waals surface area contributed by atoms with Gasteiger partial charge >= 0.3 is 0 Å². The lowest BCUT2D eigenvalue weighted by Crippen LogP contribution is -2.41. The third-order valence-electron chi connectivity index (χ3n) is 6.74. The Bertz CT molecular complexity index is 917. The number of carbonyl (C=O) groups is 1. The van der Waals surface area contributed by atoms with Crippen LogP contribution in [0.25, 0.3) is 6.08 Å². The van der Waals surface area contributed by atoms with Gasteiger partial charge in [-0.15, -0.1) is 0 Å². The Morgan fingerprint density at radius 3 is 2.47 bits per heavy atom. The van der Waals surface area contributed by atoms with Gasteiger partial charge in [0.05, 0.1) is 17.6 Å². The lowest BCUT2D eigenvalue weighted by molar-refractivity contribution is -0.124. The highest BCUT2D eigenvalue weighted by Crippen LogP contribution is 2.42. The van der Waals surface area contributed by atoms with Crippen LogP contribution in [0.4, 0.5) is 0 Å². The van der Waals surface area contributed by atoms with Crippen molar-refractivity contribution in [1.29, 1.82) is 0 Å². The minimum Gasteiger partial charge on any atom is -0.493 e. The highest BCUT2D eigenvalue weighted by molar-refractivity contribution is 8.18. The maximum Gasteiger partial charge on any atom is 0.267 e. The van der Waals surface area contributed by atoms with E-state index < -0.39 is 0 Å². The molecule has 3 fully saturated rings. The molecule has 0 bridgehead atoms.